The Bertz CT molecular complexity index is 565. The molecule has 0 aliphatic heterocycles. The second-order valence-electron chi connectivity index (χ2n) is 5.02. The quantitative estimate of drug-likeness (QED) is 0.854. The fourth-order valence-electron chi connectivity index (χ4n) is 1.73. The lowest BCUT2D eigenvalue weighted by atomic mass is 10.3. The number of hydrogen-bond donors (Lipinski definition) is 2. The van der Waals surface area contributed by atoms with E-state index in [0.29, 0.717) is 6.54 Å². The minimum Gasteiger partial charge on any atom is -0.457 e. The highest BCUT2D eigenvalue weighted by Gasteiger charge is 2.03. The lowest BCUT2D eigenvalue weighted by molar-refractivity contribution is -0.115. The van der Waals surface area contributed by atoms with Gasteiger partial charge in [-0.15, -0.1) is 0 Å². The van der Waals surface area contributed by atoms with Gasteiger partial charge in [0.1, 0.15) is 11.5 Å². The highest BCUT2D eigenvalue weighted by molar-refractivity contribution is 5.92. The summed E-state index contributed by atoms with van der Waals surface area (Å²) in [6.07, 6.45) is 0. The van der Waals surface area contributed by atoms with Crippen LogP contribution in [0.25, 0.3) is 0 Å². The molecule has 0 aliphatic carbocycles. The zero-order valence-corrected chi connectivity index (χ0v) is 12.3. The van der Waals surface area contributed by atoms with Crippen LogP contribution < -0.4 is 15.4 Å². The molecule has 0 aromatic heterocycles. The number of hydrogen-bond acceptors (Lipinski definition) is 3. The summed E-state index contributed by atoms with van der Waals surface area (Å²) in [5.41, 5.74) is 0.756. The summed E-state index contributed by atoms with van der Waals surface area (Å²) in [4.78, 5) is 11.7. The lowest BCUT2D eigenvalue weighted by Crippen LogP contribution is -2.32. The van der Waals surface area contributed by atoms with Gasteiger partial charge in [-0.25, -0.2) is 0 Å². The lowest BCUT2D eigenvalue weighted by Gasteiger charge is -2.10. The van der Waals surface area contributed by atoms with Crippen molar-refractivity contribution in [3.05, 3.63) is 54.6 Å². The molecule has 4 heteroatoms. The average Bonchev–Trinajstić information content (AvgIpc) is 2.48. The third kappa shape index (κ3) is 5.28. The molecule has 0 unspecified atom stereocenters. The van der Waals surface area contributed by atoms with Gasteiger partial charge in [0, 0.05) is 11.7 Å². The predicted molar refractivity (Wildman–Crippen MR) is 84.7 cm³/mol. The minimum atomic E-state index is -0.0552. The monoisotopic (exact) mass is 284 g/mol. The smallest absolute Gasteiger partial charge is 0.238 e. The highest BCUT2D eigenvalue weighted by Crippen LogP contribution is 2.22. The number of benzene rings is 2. The van der Waals surface area contributed by atoms with Crippen LogP contribution in [0.3, 0.4) is 0 Å². The van der Waals surface area contributed by atoms with Gasteiger partial charge in [0.25, 0.3) is 0 Å². The van der Waals surface area contributed by atoms with Gasteiger partial charge in [-0.1, -0.05) is 32.0 Å². The third-order valence-electron chi connectivity index (χ3n) is 2.79. The van der Waals surface area contributed by atoms with Crippen molar-refractivity contribution in [1.29, 1.82) is 0 Å². The Balaban J connectivity index is 1.88. The minimum absolute atomic E-state index is 0.0552. The van der Waals surface area contributed by atoms with E-state index >= 15 is 0 Å². The molecule has 0 atom stereocenters. The van der Waals surface area contributed by atoms with Crippen LogP contribution in [0.1, 0.15) is 13.8 Å². The predicted octanol–water partition coefficient (Wildman–Crippen LogP) is 3.42. The second kappa shape index (κ2) is 7.45. The Morgan fingerprint density at radius 1 is 1.00 bits per heavy atom. The van der Waals surface area contributed by atoms with Crippen LogP contribution in [0.4, 0.5) is 5.69 Å². The van der Waals surface area contributed by atoms with E-state index in [1.165, 1.54) is 0 Å². The molecule has 0 saturated heterocycles. The first-order valence-corrected chi connectivity index (χ1v) is 6.99. The molecule has 0 radical (unpaired) electrons. The van der Waals surface area contributed by atoms with E-state index in [9.17, 15) is 4.79 Å². The molecule has 0 aliphatic rings. The summed E-state index contributed by atoms with van der Waals surface area (Å²) in [5, 5.41) is 5.90. The number of para-hydroxylation sites is 1. The topological polar surface area (TPSA) is 50.4 Å². The van der Waals surface area contributed by atoms with Gasteiger partial charge in [0.15, 0.2) is 0 Å². The third-order valence-corrected chi connectivity index (χ3v) is 2.79. The zero-order chi connectivity index (χ0) is 15.1. The van der Waals surface area contributed by atoms with Gasteiger partial charge in [-0.05, 0) is 36.4 Å². The molecule has 0 bridgehead atoms. The molecular weight excluding hydrogens is 264 g/mol. The molecule has 2 aromatic carbocycles. The van der Waals surface area contributed by atoms with E-state index in [-0.39, 0.29) is 11.9 Å². The number of nitrogens with one attached hydrogen (secondary N) is 2. The van der Waals surface area contributed by atoms with Crippen molar-refractivity contribution in [1.82, 2.24) is 5.32 Å². The van der Waals surface area contributed by atoms with Gasteiger partial charge < -0.3 is 15.4 Å². The van der Waals surface area contributed by atoms with Crippen molar-refractivity contribution in [2.75, 3.05) is 11.9 Å². The van der Waals surface area contributed by atoms with Crippen molar-refractivity contribution >= 4 is 11.6 Å². The first kappa shape index (κ1) is 15.1. The average molecular weight is 284 g/mol. The van der Waals surface area contributed by atoms with E-state index in [0.717, 1.165) is 17.2 Å². The number of rotatable bonds is 6. The Kier molecular flexibility index (Phi) is 5.35. The van der Waals surface area contributed by atoms with Gasteiger partial charge in [-0.2, -0.15) is 0 Å². The molecule has 4 nitrogen and oxygen atoms in total. The van der Waals surface area contributed by atoms with Gasteiger partial charge >= 0.3 is 0 Å². The Hall–Kier alpha value is -2.33. The van der Waals surface area contributed by atoms with Crippen molar-refractivity contribution in [3.63, 3.8) is 0 Å². The van der Waals surface area contributed by atoms with Gasteiger partial charge in [-0.3, -0.25) is 4.79 Å². The van der Waals surface area contributed by atoms with Crippen molar-refractivity contribution in [3.8, 4) is 11.5 Å². The summed E-state index contributed by atoms with van der Waals surface area (Å²) in [7, 11) is 0. The van der Waals surface area contributed by atoms with E-state index in [1.807, 2.05) is 68.4 Å². The van der Waals surface area contributed by atoms with E-state index < -0.39 is 0 Å². The summed E-state index contributed by atoms with van der Waals surface area (Å²) in [6.45, 7) is 4.31. The zero-order valence-electron chi connectivity index (χ0n) is 12.3. The van der Waals surface area contributed by atoms with Gasteiger partial charge in [0.05, 0.1) is 6.54 Å². The summed E-state index contributed by atoms with van der Waals surface area (Å²) in [5.74, 6) is 1.47. The van der Waals surface area contributed by atoms with Crippen LogP contribution in [-0.2, 0) is 4.79 Å². The maximum Gasteiger partial charge on any atom is 0.238 e. The normalized spacial score (nSPS) is 10.4. The summed E-state index contributed by atoms with van der Waals surface area (Å²) < 4.78 is 5.69. The second-order valence-corrected chi connectivity index (χ2v) is 5.02. The Morgan fingerprint density at radius 2 is 1.62 bits per heavy atom. The van der Waals surface area contributed by atoms with Crippen molar-refractivity contribution in [2.45, 2.75) is 19.9 Å². The number of anilines is 1. The molecule has 2 rings (SSSR count). The summed E-state index contributed by atoms with van der Waals surface area (Å²) in [6, 6.07) is 17.2. The van der Waals surface area contributed by atoms with Crippen LogP contribution in [0, 0.1) is 0 Å². The van der Waals surface area contributed by atoms with E-state index in [1.54, 1.807) is 0 Å². The van der Waals surface area contributed by atoms with Gasteiger partial charge in [0.2, 0.25) is 5.91 Å². The van der Waals surface area contributed by atoms with E-state index in [4.69, 9.17) is 4.74 Å². The van der Waals surface area contributed by atoms with Crippen LogP contribution in [-0.4, -0.2) is 18.5 Å². The van der Waals surface area contributed by atoms with Crippen molar-refractivity contribution < 1.29 is 9.53 Å². The molecule has 2 aromatic rings. The molecule has 110 valence electrons. The first-order chi connectivity index (χ1) is 10.1. The van der Waals surface area contributed by atoms with Crippen molar-refractivity contribution in [2.24, 2.45) is 0 Å². The molecule has 1 amide bonds. The van der Waals surface area contributed by atoms with Crippen LogP contribution >= 0.6 is 0 Å². The molecule has 21 heavy (non-hydrogen) atoms. The molecule has 0 heterocycles. The number of carbonyl (C=O) groups excluding carboxylic acids is 1. The fourth-order valence-corrected chi connectivity index (χ4v) is 1.73. The maximum absolute atomic E-state index is 11.7. The van der Waals surface area contributed by atoms with Crippen LogP contribution in [0.15, 0.2) is 54.6 Å². The largest absolute Gasteiger partial charge is 0.457 e. The number of ether oxygens (including phenoxy) is 1. The molecular formula is C17H20N2O2. The first-order valence-electron chi connectivity index (χ1n) is 6.99. The van der Waals surface area contributed by atoms with E-state index in [2.05, 4.69) is 10.6 Å². The molecule has 0 saturated carbocycles. The number of carbonyl (C=O) groups is 1. The van der Waals surface area contributed by atoms with Crippen LogP contribution in [0.2, 0.25) is 0 Å². The Morgan fingerprint density at radius 3 is 2.24 bits per heavy atom. The highest BCUT2D eigenvalue weighted by atomic mass is 16.5. The fraction of sp³-hybridized carbons (Fsp3) is 0.235. The SMILES string of the molecule is CC(C)NCC(=O)Nc1ccc(Oc2ccccc2)cc1. The number of amides is 1. The maximum atomic E-state index is 11.7. The Labute approximate surface area is 125 Å². The standard InChI is InChI=1S/C17H20N2O2/c1-13(2)18-12-17(20)19-14-8-10-16(11-9-14)21-15-6-4-3-5-7-15/h3-11,13,18H,12H2,1-2H3,(H,19,20). The summed E-state index contributed by atoms with van der Waals surface area (Å²) >= 11 is 0. The molecule has 0 fully saturated rings. The van der Waals surface area contributed by atoms with Crippen LogP contribution in [0.5, 0.6) is 11.5 Å². The molecule has 2 N–H and O–H groups in total. The molecule has 0 spiro atoms.